The number of anilines is 2. The van der Waals surface area contributed by atoms with Gasteiger partial charge in [-0.1, -0.05) is 30.3 Å². The zero-order chi connectivity index (χ0) is 21.5. The minimum absolute atomic E-state index is 0.0476. The van der Waals surface area contributed by atoms with Crippen LogP contribution in [0.25, 0.3) is 0 Å². The molecule has 6 nitrogen and oxygen atoms in total. The molecule has 0 fully saturated rings. The summed E-state index contributed by atoms with van der Waals surface area (Å²) in [6.45, 7) is -0.683. The molecule has 0 spiro atoms. The molecule has 0 heterocycles. The average Bonchev–Trinajstić information content (AvgIpc) is 2.72. The van der Waals surface area contributed by atoms with Crippen molar-refractivity contribution in [2.75, 3.05) is 17.2 Å². The van der Waals surface area contributed by atoms with Crippen molar-refractivity contribution in [2.24, 2.45) is 0 Å². The maximum atomic E-state index is 13.2. The molecule has 3 aromatic rings. The van der Waals surface area contributed by atoms with Crippen LogP contribution in [-0.4, -0.2) is 24.4 Å². The molecule has 3 rings (SSSR count). The Morgan fingerprint density at radius 3 is 2.13 bits per heavy atom. The maximum absolute atomic E-state index is 13.2. The molecule has 0 aliphatic rings. The van der Waals surface area contributed by atoms with Gasteiger partial charge in [0.1, 0.15) is 11.6 Å². The molecule has 0 aliphatic carbocycles. The molecule has 0 unspecified atom stereocenters. The third-order valence-corrected chi connectivity index (χ3v) is 3.91. The monoisotopic (exact) mass is 410 g/mol. The highest BCUT2D eigenvalue weighted by Crippen LogP contribution is 2.18. The number of para-hydroxylation sites is 1. The fraction of sp³-hybridized carbons (Fsp3) is 0.0455. The first-order valence-corrected chi connectivity index (χ1v) is 8.81. The lowest BCUT2D eigenvalue weighted by Gasteiger charge is -2.11. The van der Waals surface area contributed by atoms with E-state index in [-0.39, 0.29) is 16.9 Å². The summed E-state index contributed by atoms with van der Waals surface area (Å²) in [5.41, 5.74) is 0.557. The first-order valence-electron chi connectivity index (χ1n) is 8.81. The van der Waals surface area contributed by atoms with Crippen LogP contribution in [0.2, 0.25) is 0 Å². The summed E-state index contributed by atoms with van der Waals surface area (Å²) in [5, 5.41) is 4.86. The zero-order valence-corrected chi connectivity index (χ0v) is 15.5. The van der Waals surface area contributed by atoms with Crippen LogP contribution in [0.15, 0.2) is 72.8 Å². The Kier molecular flexibility index (Phi) is 6.49. The first kappa shape index (κ1) is 20.7. The SMILES string of the molecule is O=C(COC(=O)c1ccccc1NC(=O)c1ccccc1)Nc1cc(F)cc(F)c1. The van der Waals surface area contributed by atoms with Gasteiger partial charge in [-0.3, -0.25) is 9.59 Å². The van der Waals surface area contributed by atoms with E-state index in [0.29, 0.717) is 11.6 Å². The highest BCUT2D eigenvalue weighted by atomic mass is 19.1. The average molecular weight is 410 g/mol. The van der Waals surface area contributed by atoms with Gasteiger partial charge in [0.15, 0.2) is 6.61 Å². The third kappa shape index (κ3) is 5.48. The van der Waals surface area contributed by atoms with E-state index in [1.807, 2.05) is 0 Å². The highest BCUT2D eigenvalue weighted by molar-refractivity contribution is 6.08. The van der Waals surface area contributed by atoms with Crippen molar-refractivity contribution >= 4 is 29.2 Å². The van der Waals surface area contributed by atoms with Gasteiger partial charge in [-0.25, -0.2) is 13.6 Å². The molecule has 0 saturated carbocycles. The summed E-state index contributed by atoms with van der Waals surface area (Å²) in [6, 6.07) is 17.1. The highest BCUT2D eigenvalue weighted by Gasteiger charge is 2.16. The second-order valence-corrected chi connectivity index (χ2v) is 6.15. The Bertz CT molecular complexity index is 1070. The Morgan fingerprint density at radius 1 is 0.800 bits per heavy atom. The maximum Gasteiger partial charge on any atom is 0.340 e. The van der Waals surface area contributed by atoms with E-state index in [4.69, 9.17) is 4.74 Å². The van der Waals surface area contributed by atoms with Crippen molar-refractivity contribution < 1.29 is 27.9 Å². The molecular weight excluding hydrogens is 394 g/mol. The van der Waals surface area contributed by atoms with E-state index >= 15 is 0 Å². The van der Waals surface area contributed by atoms with Crippen molar-refractivity contribution in [1.82, 2.24) is 0 Å². The molecule has 0 atom stereocenters. The van der Waals surface area contributed by atoms with E-state index in [1.54, 1.807) is 42.5 Å². The number of carbonyl (C=O) groups excluding carboxylic acids is 3. The molecule has 2 amide bonds. The van der Waals surface area contributed by atoms with Gasteiger partial charge in [-0.2, -0.15) is 0 Å². The van der Waals surface area contributed by atoms with Crippen LogP contribution in [0.3, 0.4) is 0 Å². The summed E-state index contributed by atoms with van der Waals surface area (Å²) in [4.78, 5) is 36.6. The van der Waals surface area contributed by atoms with Gasteiger partial charge in [0, 0.05) is 17.3 Å². The predicted octanol–water partition coefficient (Wildman–Crippen LogP) is 4.01. The van der Waals surface area contributed by atoms with Crippen LogP contribution in [0.1, 0.15) is 20.7 Å². The van der Waals surface area contributed by atoms with Gasteiger partial charge in [0.2, 0.25) is 0 Å². The lowest BCUT2D eigenvalue weighted by Crippen LogP contribution is -2.22. The molecule has 0 aromatic heterocycles. The van der Waals surface area contributed by atoms with E-state index < -0.39 is 36.0 Å². The van der Waals surface area contributed by atoms with Gasteiger partial charge in [-0.05, 0) is 36.4 Å². The van der Waals surface area contributed by atoms with Crippen LogP contribution >= 0.6 is 0 Å². The summed E-state index contributed by atoms with van der Waals surface area (Å²) >= 11 is 0. The van der Waals surface area contributed by atoms with E-state index in [0.717, 1.165) is 12.1 Å². The molecule has 30 heavy (non-hydrogen) atoms. The second-order valence-electron chi connectivity index (χ2n) is 6.15. The molecular formula is C22H16F2N2O4. The number of hydrogen-bond acceptors (Lipinski definition) is 4. The number of hydrogen-bond donors (Lipinski definition) is 2. The van der Waals surface area contributed by atoms with Gasteiger partial charge in [-0.15, -0.1) is 0 Å². The molecule has 2 N–H and O–H groups in total. The molecule has 3 aromatic carbocycles. The van der Waals surface area contributed by atoms with Crippen molar-refractivity contribution in [3.05, 3.63) is 95.6 Å². The smallest absolute Gasteiger partial charge is 0.340 e. The van der Waals surface area contributed by atoms with Crippen LogP contribution in [0, 0.1) is 11.6 Å². The molecule has 0 saturated heterocycles. The van der Waals surface area contributed by atoms with Gasteiger partial charge in [0.05, 0.1) is 11.3 Å². The van der Waals surface area contributed by atoms with Gasteiger partial charge < -0.3 is 15.4 Å². The van der Waals surface area contributed by atoms with E-state index in [2.05, 4.69) is 10.6 Å². The van der Waals surface area contributed by atoms with Crippen molar-refractivity contribution in [1.29, 1.82) is 0 Å². The lowest BCUT2D eigenvalue weighted by molar-refractivity contribution is -0.119. The second kappa shape index (κ2) is 9.42. The predicted molar refractivity (Wildman–Crippen MR) is 106 cm³/mol. The third-order valence-electron chi connectivity index (χ3n) is 3.91. The van der Waals surface area contributed by atoms with Crippen LogP contribution in [0.5, 0.6) is 0 Å². The number of rotatable bonds is 6. The molecule has 152 valence electrons. The summed E-state index contributed by atoms with van der Waals surface area (Å²) in [5.74, 6) is -3.75. The van der Waals surface area contributed by atoms with Crippen LogP contribution in [0.4, 0.5) is 20.2 Å². The Labute approximate surface area is 170 Å². The molecule has 8 heteroatoms. The molecule has 0 radical (unpaired) electrons. The van der Waals surface area contributed by atoms with Crippen molar-refractivity contribution in [3.8, 4) is 0 Å². The fourth-order valence-electron chi connectivity index (χ4n) is 2.59. The number of amides is 2. The largest absolute Gasteiger partial charge is 0.452 e. The summed E-state index contributed by atoms with van der Waals surface area (Å²) in [7, 11) is 0. The standard InChI is InChI=1S/C22H16F2N2O4/c23-15-10-16(24)12-17(11-15)25-20(27)13-30-22(29)18-8-4-5-9-19(18)26-21(28)14-6-2-1-3-7-14/h1-12H,13H2,(H,25,27)(H,26,28). The molecule has 0 aliphatic heterocycles. The Balaban J connectivity index is 1.63. The number of ether oxygens (including phenoxy) is 1. The van der Waals surface area contributed by atoms with Crippen molar-refractivity contribution in [3.63, 3.8) is 0 Å². The summed E-state index contributed by atoms with van der Waals surface area (Å²) in [6.07, 6.45) is 0. The molecule has 0 bridgehead atoms. The van der Waals surface area contributed by atoms with Crippen LogP contribution < -0.4 is 10.6 Å². The quantitative estimate of drug-likeness (QED) is 0.602. The Hall–Kier alpha value is -4.07. The normalized spacial score (nSPS) is 10.2. The number of esters is 1. The Morgan fingerprint density at radius 2 is 1.43 bits per heavy atom. The number of benzene rings is 3. The minimum Gasteiger partial charge on any atom is -0.452 e. The van der Waals surface area contributed by atoms with E-state index in [9.17, 15) is 23.2 Å². The number of nitrogens with one attached hydrogen (secondary N) is 2. The minimum atomic E-state index is -0.856. The van der Waals surface area contributed by atoms with Gasteiger partial charge in [0.25, 0.3) is 11.8 Å². The number of halogens is 2. The number of carbonyl (C=O) groups is 3. The fourth-order valence-corrected chi connectivity index (χ4v) is 2.59. The zero-order valence-electron chi connectivity index (χ0n) is 15.5. The summed E-state index contributed by atoms with van der Waals surface area (Å²) < 4.78 is 31.3. The first-order chi connectivity index (χ1) is 14.4. The van der Waals surface area contributed by atoms with Crippen molar-refractivity contribution in [2.45, 2.75) is 0 Å². The topological polar surface area (TPSA) is 84.5 Å². The van der Waals surface area contributed by atoms with Crippen LogP contribution in [-0.2, 0) is 9.53 Å². The van der Waals surface area contributed by atoms with E-state index in [1.165, 1.54) is 12.1 Å². The lowest BCUT2D eigenvalue weighted by atomic mass is 10.1. The van der Waals surface area contributed by atoms with Gasteiger partial charge >= 0.3 is 5.97 Å².